The van der Waals surface area contributed by atoms with Crippen LogP contribution in [0.1, 0.15) is 34.6 Å². The summed E-state index contributed by atoms with van der Waals surface area (Å²) in [4.78, 5) is 30.5. The van der Waals surface area contributed by atoms with Gasteiger partial charge in [0.1, 0.15) is 6.04 Å². The van der Waals surface area contributed by atoms with Gasteiger partial charge in [0.2, 0.25) is 11.5 Å². The molecular formula is C14H18N4O5. The van der Waals surface area contributed by atoms with Gasteiger partial charge in [0.25, 0.3) is 11.8 Å². The topological polar surface area (TPSA) is 109 Å². The van der Waals surface area contributed by atoms with E-state index in [0.717, 1.165) is 9.91 Å². The number of amides is 2. The molecule has 0 aromatic heterocycles. The van der Waals surface area contributed by atoms with Crippen LogP contribution >= 0.6 is 0 Å². The van der Waals surface area contributed by atoms with Crippen LogP contribution in [0.3, 0.4) is 0 Å². The summed E-state index contributed by atoms with van der Waals surface area (Å²) in [6, 6.07) is 5.96. The van der Waals surface area contributed by atoms with Gasteiger partial charge in [-0.2, -0.15) is 0 Å². The number of benzene rings is 1. The Hall–Kier alpha value is -2.68. The molecule has 1 N–H and O–H groups in total. The number of hydrogen-bond donors (Lipinski definition) is 1. The molecule has 0 bridgehead atoms. The van der Waals surface area contributed by atoms with Crippen molar-refractivity contribution in [3.63, 3.8) is 0 Å². The van der Waals surface area contributed by atoms with Crippen LogP contribution in [0.2, 0.25) is 0 Å². The summed E-state index contributed by atoms with van der Waals surface area (Å²) < 4.78 is 0. The standard InChI is InChI=1S/C14H18N4O5/c1-9(8-19)16(3)18(22)15-23-10(2)17-13(20)11-6-4-5-7-12(11)14(17)21/h4-7,9-10,19H,8H2,1-3H3/t9-,10?/m0/s1. The smallest absolute Gasteiger partial charge is 0.264 e. The summed E-state index contributed by atoms with van der Waals surface area (Å²) in [6.45, 7) is 2.82. The second-order valence-corrected chi connectivity index (χ2v) is 5.17. The van der Waals surface area contributed by atoms with E-state index in [9.17, 15) is 14.8 Å². The monoisotopic (exact) mass is 322 g/mol. The zero-order valence-electron chi connectivity index (χ0n) is 13.0. The van der Waals surface area contributed by atoms with Crippen molar-refractivity contribution < 1.29 is 24.5 Å². The van der Waals surface area contributed by atoms with Crippen molar-refractivity contribution in [3.8, 4) is 0 Å². The number of hydrogen-bond acceptors (Lipinski definition) is 6. The molecule has 23 heavy (non-hydrogen) atoms. The van der Waals surface area contributed by atoms with Crippen LogP contribution in [0.15, 0.2) is 29.5 Å². The lowest BCUT2D eigenvalue weighted by atomic mass is 10.1. The van der Waals surface area contributed by atoms with Gasteiger partial charge in [-0.3, -0.25) is 9.59 Å². The first-order valence-corrected chi connectivity index (χ1v) is 7.03. The number of aliphatic hydroxyl groups excluding tert-OH is 1. The summed E-state index contributed by atoms with van der Waals surface area (Å²) in [5.74, 6) is -0.995. The van der Waals surface area contributed by atoms with Crippen LogP contribution in [0.25, 0.3) is 0 Å². The Labute approximate surface area is 132 Å². The van der Waals surface area contributed by atoms with Crippen molar-refractivity contribution in [1.29, 1.82) is 0 Å². The predicted octanol–water partition coefficient (Wildman–Crippen LogP) is 0.750. The van der Waals surface area contributed by atoms with Crippen LogP contribution in [-0.2, 0) is 4.84 Å². The molecular weight excluding hydrogens is 304 g/mol. The van der Waals surface area contributed by atoms with Crippen molar-refractivity contribution in [3.05, 3.63) is 40.6 Å². The first kappa shape index (κ1) is 16.7. The van der Waals surface area contributed by atoms with E-state index in [0.29, 0.717) is 0 Å². The third-order valence-corrected chi connectivity index (χ3v) is 3.63. The third-order valence-electron chi connectivity index (χ3n) is 3.63. The van der Waals surface area contributed by atoms with Gasteiger partial charge >= 0.3 is 0 Å². The number of carbonyl (C=O) groups is 2. The fourth-order valence-corrected chi connectivity index (χ4v) is 2.04. The number of imide groups is 1. The molecule has 0 spiro atoms. The number of rotatable bonds is 6. The minimum Gasteiger partial charge on any atom is -0.569 e. The average molecular weight is 322 g/mol. The molecule has 2 atom stereocenters. The van der Waals surface area contributed by atoms with Crippen LogP contribution in [0, 0.1) is 5.21 Å². The van der Waals surface area contributed by atoms with Crippen LogP contribution in [0.4, 0.5) is 0 Å². The third kappa shape index (κ3) is 3.09. The van der Waals surface area contributed by atoms with E-state index in [-0.39, 0.29) is 22.7 Å². The van der Waals surface area contributed by atoms with E-state index >= 15 is 0 Å². The van der Waals surface area contributed by atoms with Gasteiger partial charge in [0.15, 0.2) is 0 Å². The number of nitrogens with zero attached hydrogens (tertiary/aromatic N) is 4. The molecule has 2 amide bonds. The molecule has 1 unspecified atom stereocenters. The zero-order valence-corrected chi connectivity index (χ0v) is 13.0. The van der Waals surface area contributed by atoms with E-state index in [1.165, 1.54) is 14.0 Å². The molecule has 0 saturated carbocycles. The fourth-order valence-electron chi connectivity index (χ4n) is 2.04. The Morgan fingerprint density at radius 3 is 2.30 bits per heavy atom. The van der Waals surface area contributed by atoms with Crippen molar-refractivity contribution in [2.45, 2.75) is 26.1 Å². The van der Waals surface area contributed by atoms with Gasteiger partial charge < -0.3 is 15.2 Å². The van der Waals surface area contributed by atoms with Gasteiger partial charge in [0, 0.05) is 0 Å². The summed E-state index contributed by atoms with van der Waals surface area (Å²) in [7, 11) is 1.42. The van der Waals surface area contributed by atoms with Crippen LogP contribution < -0.4 is 0 Å². The maximum atomic E-state index is 12.2. The molecule has 2 rings (SSSR count). The lowest BCUT2D eigenvalue weighted by Gasteiger charge is -2.21. The van der Waals surface area contributed by atoms with E-state index in [4.69, 9.17) is 9.94 Å². The molecule has 9 nitrogen and oxygen atoms in total. The lowest BCUT2D eigenvalue weighted by Crippen LogP contribution is -2.40. The molecule has 1 heterocycles. The molecule has 0 aliphatic carbocycles. The summed E-state index contributed by atoms with van der Waals surface area (Å²) in [5.41, 5.74) is 0.580. The SMILES string of the molecule is CC(ON=[N+]([O-])N(C)[C@@H](C)CO)N1C(=O)c2ccccc2C1=O. The average Bonchev–Trinajstić information content (AvgIpc) is 2.82. The Morgan fingerprint density at radius 1 is 1.30 bits per heavy atom. The van der Waals surface area contributed by atoms with Crippen LogP contribution in [-0.4, -0.2) is 57.7 Å². The van der Waals surface area contributed by atoms with Gasteiger partial charge in [-0.15, -0.1) is 5.01 Å². The highest BCUT2D eigenvalue weighted by Gasteiger charge is 2.39. The van der Waals surface area contributed by atoms with Crippen LogP contribution in [0.5, 0.6) is 0 Å². The number of aliphatic hydroxyl groups is 1. The Kier molecular flexibility index (Phi) is 4.80. The first-order valence-electron chi connectivity index (χ1n) is 7.03. The van der Waals surface area contributed by atoms with E-state index in [2.05, 4.69) is 5.28 Å². The minimum absolute atomic E-state index is 0.148. The second kappa shape index (κ2) is 6.61. The van der Waals surface area contributed by atoms with Crippen molar-refractivity contribution >= 4 is 11.8 Å². The highest BCUT2D eigenvalue weighted by molar-refractivity contribution is 6.21. The molecule has 9 heteroatoms. The molecule has 1 aliphatic rings. The van der Waals surface area contributed by atoms with E-state index < -0.39 is 24.1 Å². The van der Waals surface area contributed by atoms with Crippen molar-refractivity contribution in [2.75, 3.05) is 13.7 Å². The highest BCUT2D eigenvalue weighted by Crippen LogP contribution is 2.24. The summed E-state index contributed by atoms with van der Waals surface area (Å²) in [5, 5.41) is 25.1. The highest BCUT2D eigenvalue weighted by atomic mass is 16.7. The normalized spacial score (nSPS) is 17.0. The number of likely N-dealkylation sites (N-methyl/N-ethyl adjacent to an activating group) is 1. The zero-order chi connectivity index (χ0) is 17.1. The summed E-state index contributed by atoms with van der Waals surface area (Å²) in [6.07, 6.45) is -1.04. The maximum Gasteiger partial charge on any atom is 0.264 e. The Morgan fingerprint density at radius 2 is 1.83 bits per heavy atom. The number of hydrazine groups is 1. The molecule has 0 radical (unpaired) electrons. The second-order valence-electron chi connectivity index (χ2n) is 5.17. The van der Waals surface area contributed by atoms with E-state index in [1.807, 2.05) is 0 Å². The molecule has 1 aliphatic heterocycles. The molecule has 124 valence electrons. The largest absolute Gasteiger partial charge is 0.569 e. The van der Waals surface area contributed by atoms with Gasteiger partial charge in [-0.1, -0.05) is 12.1 Å². The van der Waals surface area contributed by atoms with E-state index in [1.54, 1.807) is 31.2 Å². The predicted molar refractivity (Wildman–Crippen MR) is 77.9 cm³/mol. The van der Waals surface area contributed by atoms with Gasteiger partial charge in [-0.25, -0.2) is 4.90 Å². The lowest BCUT2D eigenvalue weighted by molar-refractivity contribution is -0.714. The quantitative estimate of drug-likeness (QED) is 0.358. The number of fused-ring (bicyclic) bond motifs is 1. The minimum atomic E-state index is -1.04. The molecule has 1 aromatic rings. The van der Waals surface area contributed by atoms with Gasteiger partial charge in [0.05, 0.1) is 29.8 Å². The first-order chi connectivity index (χ1) is 10.9. The molecule has 0 fully saturated rings. The number of carbonyl (C=O) groups excluding carboxylic acids is 2. The van der Waals surface area contributed by atoms with Crippen molar-refractivity contribution in [2.24, 2.45) is 5.28 Å². The van der Waals surface area contributed by atoms with Crippen molar-refractivity contribution in [1.82, 2.24) is 9.91 Å². The maximum absolute atomic E-state index is 12.2. The van der Waals surface area contributed by atoms with Gasteiger partial charge in [-0.05, 0) is 26.0 Å². The molecule has 0 saturated heterocycles. The fraction of sp³-hybridized carbons (Fsp3) is 0.429. The summed E-state index contributed by atoms with van der Waals surface area (Å²) >= 11 is 0. The Bertz CT molecular complexity index is 613. The Balaban J connectivity index is 2.09. The molecule has 1 aromatic carbocycles.